The van der Waals surface area contributed by atoms with Crippen LogP contribution in [-0.2, 0) is 4.74 Å². The molecule has 1 aromatic carbocycles. The second-order valence-corrected chi connectivity index (χ2v) is 8.30. The summed E-state index contributed by atoms with van der Waals surface area (Å²) < 4.78 is 5.66. The molecule has 10 heteroatoms. The van der Waals surface area contributed by atoms with E-state index in [4.69, 9.17) is 4.74 Å². The number of amides is 1. The number of nitrogens with zero attached hydrogens (tertiary/aromatic N) is 3. The van der Waals surface area contributed by atoms with Gasteiger partial charge < -0.3 is 25.5 Å². The summed E-state index contributed by atoms with van der Waals surface area (Å²) in [4.78, 5) is 41.3. The van der Waals surface area contributed by atoms with Gasteiger partial charge in [-0.2, -0.15) is 0 Å². The fourth-order valence-electron chi connectivity index (χ4n) is 4.08. The molecule has 0 saturated carbocycles. The fourth-order valence-corrected chi connectivity index (χ4v) is 4.08. The maximum atomic E-state index is 13.4. The highest BCUT2D eigenvalue weighted by Crippen LogP contribution is 2.28. The highest BCUT2D eigenvalue weighted by atomic mass is 16.5. The van der Waals surface area contributed by atoms with Gasteiger partial charge >= 0.3 is 0 Å². The summed E-state index contributed by atoms with van der Waals surface area (Å²) in [6, 6.07) is 9.98. The SMILES string of the molecule is O=C(Nc1ccc(C(=O)c2c[nH]c3ncnc(NC4CCC(CO)OC4)c23)cc1)c1ccncc1. The van der Waals surface area contributed by atoms with Crippen molar-refractivity contribution in [2.45, 2.75) is 25.0 Å². The summed E-state index contributed by atoms with van der Waals surface area (Å²) in [6.45, 7) is 0.449. The predicted octanol–water partition coefficient (Wildman–Crippen LogP) is 2.79. The number of ether oxygens (including phenoxy) is 1. The lowest BCUT2D eigenvalue weighted by molar-refractivity contribution is -0.0224. The summed E-state index contributed by atoms with van der Waals surface area (Å²) in [6.07, 6.45) is 7.60. The lowest BCUT2D eigenvalue weighted by atomic mass is 10.0. The first-order chi connectivity index (χ1) is 17.1. The van der Waals surface area contributed by atoms with Gasteiger partial charge in [0.25, 0.3) is 5.91 Å². The molecule has 3 aromatic heterocycles. The number of H-pyrrole nitrogens is 1. The van der Waals surface area contributed by atoms with Crippen LogP contribution >= 0.6 is 0 Å². The number of ketones is 1. The molecule has 0 bridgehead atoms. The minimum absolute atomic E-state index is 0.00708. The van der Waals surface area contributed by atoms with E-state index < -0.39 is 0 Å². The molecular weight excluding hydrogens is 448 g/mol. The van der Waals surface area contributed by atoms with Gasteiger partial charge in [-0.05, 0) is 49.2 Å². The molecular formula is C25H24N6O4. The van der Waals surface area contributed by atoms with Gasteiger partial charge in [0.2, 0.25) is 0 Å². The molecule has 1 fully saturated rings. The number of nitrogens with one attached hydrogen (secondary N) is 3. The third-order valence-electron chi connectivity index (χ3n) is 5.98. The summed E-state index contributed by atoms with van der Waals surface area (Å²) in [5, 5.41) is 16.1. The Balaban J connectivity index is 1.34. The van der Waals surface area contributed by atoms with Crippen molar-refractivity contribution in [1.82, 2.24) is 19.9 Å². The van der Waals surface area contributed by atoms with Gasteiger partial charge in [-0.3, -0.25) is 14.6 Å². The normalized spacial score (nSPS) is 17.7. The number of aliphatic hydroxyl groups is 1. The van der Waals surface area contributed by atoms with Gasteiger partial charge in [0.15, 0.2) is 5.78 Å². The molecule has 0 radical (unpaired) electrons. The largest absolute Gasteiger partial charge is 0.394 e. The van der Waals surface area contributed by atoms with Crippen LogP contribution in [0.2, 0.25) is 0 Å². The second-order valence-electron chi connectivity index (χ2n) is 8.30. The van der Waals surface area contributed by atoms with E-state index in [1.165, 1.54) is 6.33 Å². The third-order valence-corrected chi connectivity index (χ3v) is 5.98. The lowest BCUT2D eigenvalue weighted by Gasteiger charge is -2.29. The highest BCUT2D eigenvalue weighted by molar-refractivity contribution is 6.18. The number of carbonyl (C=O) groups is 2. The quantitative estimate of drug-likeness (QED) is 0.301. The van der Waals surface area contributed by atoms with Crippen LogP contribution in [0, 0.1) is 0 Å². The number of aromatic amines is 1. The topological polar surface area (TPSA) is 142 Å². The van der Waals surface area contributed by atoms with E-state index in [9.17, 15) is 14.7 Å². The number of carbonyl (C=O) groups excluding carboxylic acids is 2. The van der Waals surface area contributed by atoms with Crippen molar-refractivity contribution in [3.8, 4) is 0 Å². The first kappa shape index (κ1) is 22.6. The molecule has 1 amide bonds. The van der Waals surface area contributed by atoms with E-state index in [-0.39, 0.29) is 30.4 Å². The van der Waals surface area contributed by atoms with Crippen LogP contribution in [0.15, 0.2) is 61.3 Å². The number of aromatic nitrogens is 4. The maximum absolute atomic E-state index is 13.4. The highest BCUT2D eigenvalue weighted by Gasteiger charge is 2.24. The number of aliphatic hydroxyl groups excluding tert-OH is 1. The summed E-state index contributed by atoms with van der Waals surface area (Å²) in [7, 11) is 0. The minimum atomic E-state index is -0.257. The molecule has 1 aliphatic rings. The minimum Gasteiger partial charge on any atom is -0.394 e. The van der Waals surface area contributed by atoms with Gasteiger partial charge in [0.05, 0.1) is 36.3 Å². The Morgan fingerprint density at radius 1 is 1.06 bits per heavy atom. The van der Waals surface area contributed by atoms with E-state index in [2.05, 4.69) is 30.6 Å². The first-order valence-corrected chi connectivity index (χ1v) is 11.3. The zero-order valence-electron chi connectivity index (χ0n) is 18.8. The number of benzene rings is 1. The Morgan fingerprint density at radius 3 is 2.57 bits per heavy atom. The van der Waals surface area contributed by atoms with Crippen LogP contribution in [0.1, 0.15) is 39.1 Å². The molecule has 4 heterocycles. The summed E-state index contributed by atoms with van der Waals surface area (Å²) in [5.74, 6) is 0.103. The van der Waals surface area contributed by atoms with E-state index >= 15 is 0 Å². The van der Waals surface area contributed by atoms with Crippen molar-refractivity contribution in [2.75, 3.05) is 23.8 Å². The number of anilines is 2. The molecule has 178 valence electrons. The first-order valence-electron chi connectivity index (χ1n) is 11.3. The Morgan fingerprint density at radius 2 is 1.86 bits per heavy atom. The molecule has 4 N–H and O–H groups in total. The number of hydrogen-bond acceptors (Lipinski definition) is 8. The van der Waals surface area contributed by atoms with Crippen LogP contribution in [0.3, 0.4) is 0 Å². The summed E-state index contributed by atoms with van der Waals surface area (Å²) >= 11 is 0. The zero-order valence-corrected chi connectivity index (χ0v) is 18.8. The fraction of sp³-hybridized carbons (Fsp3) is 0.240. The van der Waals surface area contributed by atoms with Gasteiger partial charge in [0, 0.05) is 35.4 Å². The Bertz CT molecular complexity index is 1330. The Labute approximate surface area is 200 Å². The summed E-state index contributed by atoms with van der Waals surface area (Å²) in [5.41, 5.74) is 2.54. The van der Waals surface area contributed by atoms with E-state index in [1.54, 1.807) is 55.0 Å². The maximum Gasteiger partial charge on any atom is 0.255 e. The molecule has 4 aromatic rings. The van der Waals surface area contributed by atoms with Gasteiger partial charge in [-0.1, -0.05) is 0 Å². The van der Waals surface area contributed by atoms with Crippen LogP contribution < -0.4 is 10.6 Å². The van der Waals surface area contributed by atoms with Crippen molar-refractivity contribution in [3.05, 3.63) is 78.0 Å². The Hall–Kier alpha value is -4.15. The van der Waals surface area contributed by atoms with Crippen LogP contribution in [0.25, 0.3) is 11.0 Å². The van der Waals surface area contributed by atoms with E-state index in [1.807, 2.05) is 0 Å². The molecule has 35 heavy (non-hydrogen) atoms. The second kappa shape index (κ2) is 10.00. The van der Waals surface area contributed by atoms with E-state index in [0.717, 1.165) is 12.8 Å². The van der Waals surface area contributed by atoms with Crippen molar-refractivity contribution < 1.29 is 19.4 Å². The zero-order chi connectivity index (χ0) is 24.2. The Kier molecular flexibility index (Phi) is 6.47. The van der Waals surface area contributed by atoms with E-state index in [0.29, 0.717) is 45.8 Å². The van der Waals surface area contributed by atoms with Crippen LogP contribution in [0.4, 0.5) is 11.5 Å². The molecule has 1 saturated heterocycles. The molecule has 0 aliphatic carbocycles. The average Bonchev–Trinajstić information content (AvgIpc) is 3.35. The number of rotatable bonds is 7. The third kappa shape index (κ3) is 4.88. The number of fused-ring (bicyclic) bond motifs is 1. The number of pyridine rings is 1. The molecule has 1 aliphatic heterocycles. The standard InChI is InChI=1S/C25H24N6O4/c32-12-19-6-5-18(13-35-19)30-24-21-20(11-27-23(21)28-14-29-24)22(33)15-1-3-17(4-2-15)31-25(34)16-7-9-26-10-8-16/h1-4,7-11,14,18-19,32H,5-6,12-13H2,(H,31,34)(H2,27,28,29,30). The smallest absolute Gasteiger partial charge is 0.255 e. The molecule has 0 spiro atoms. The number of hydrogen-bond donors (Lipinski definition) is 4. The van der Waals surface area contributed by atoms with Gasteiger partial charge in [-0.25, -0.2) is 9.97 Å². The van der Waals surface area contributed by atoms with Crippen LogP contribution in [0.5, 0.6) is 0 Å². The van der Waals surface area contributed by atoms with Gasteiger partial charge in [-0.15, -0.1) is 0 Å². The van der Waals surface area contributed by atoms with Gasteiger partial charge in [0.1, 0.15) is 17.8 Å². The monoisotopic (exact) mass is 472 g/mol. The molecule has 2 atom stereocenters. The van der Waals surface area contributed by atoms with Crippen molar-refractivity contribution in [3.63, 3.8) is 0 Å². The van der Waals surface area contributed by atoms with Crippen molar-refractivity contribution >= 4 is 34.2 Å². The molecule has 10 nitrogen and oxygen atoms in total. The average molecular weight is 473 g/mol. The molecule has 5 rings (SSSR count). The van der Waals surface area contributed by atoms with Crippen molar-refractivity contribution in [1.29, 1.82) is 0 Å². The lowest BCUT2D eigenvalue weighted by Crippen LogP contribution is -2.36. The van der Waals surface area contributed by atoms with Crippen LogP contribution in [-0.4, -0.2) is 62.1 Å². The molecule has 2 unspecified atom stereocenters. The predicted molar refractivity (Wildman–Crippen MR) is 129 cm³/mol. The van der Waals surface area contributed by atoms with Crippen molar-refractivity contribution in [2.24, 2.45) is 0 Å².